The van der Waals surface area contributed by atoms with Crippen LogP contribution in [0.2, 0.25) is 0 Å². The van der Waals surface area contributed by atoms with E-state index in [4.69, 9.17) is 5.48 Å². The average Bonchev–Trinajstić information content (AvgIpc) is 3.26. The van der Waals surface area contributed by atoms with Gasteiger partial charge in [0.15, 0.2) is 0 Å². The summed E-state index contributed by atoms with van der Waals surface area (Å²) in [5.41, 5.74) is 7.80. The fourth-order valence-electron chi connectivity index (χ4n) is 6.98. The summed E-state index contributed by atoms with van der Waals surface area (Å²) in [5, 5.41) is 4.79. The molecule has 0 N–H and O–H groups in total. The minimum atomic E-state index is -0.101. The fraction of sp³-hybridized carbons (Fsp3) is 0. The van der Waals surface area contributed by atoms with Crippen LogP contribution in [0.4, 0.5) is 34.1 Å². The summed E-state index contributed by atoms with van der Waals surface area (Å²) in [6, 6.07) is 64.8. The van der Waals surface area contributed by atoms with Crippen LogP contribution in [0.3, 0.4) is 0 Å². The third-order valence-electron chi connectivity index (χ3n) is 9.50. The minimum absolute atomic E-state index is 0.0859. The zero-order valence-electron chi connectivity index (χ0n) is 32.4. The van der Waals surface area contributed by atoms with Crippen LogP contribution in [0.1, 0.15) is 5.48 Å². The van der Waals surface area contributed by atoms with Gasteiger partial charge in [0.2, 0.25) is 0 Å². The minimum Gasteiger partial charge on any atom is -0.311 e. The van der Waals surface area contributed by atoms with E-state index < -0.39 is 0 Å². The second-order valence-electron chi connectivity index (χ2n) is 12.7. The van der Waals surface area contributed by atoms with Gasteiger partial charge in [-0.3, -0.25) is 0 Å². The van der Waals surface area contributed by atoms with Gasteiger partial charge in [-0.15, -0.1) is 0 Å². The molecule has 0 aliphatic carbocycles. The molecule has 9 aromatic carbocycles. The third-order valence-corrected chi connectivity index (χ3v) is 9.50. The molecular formula is C50H36N2. The van der Waals surface area contributed by atoms with Crippen molar-refractivity contribution in [1.29, 1.82) is 0 Å². The van der Waals surface area contributed by atoms with Crippen LogP contribution in [0.5, 0.6) is 0 Å². The zero-order chi connectivity index (χ0) is 38.2. The first-order chi connectivity index (χ1) is 27.5. The smallest absolute Gasteiger partial charge is 0.0645 e. The molecule has 0 aliphatic rings. The Bertz CT molecular complexity index is 2760. The molecule has 52 heavy (non-hydrogen) atoms. The molecule has 9 rings (SSSR count). The lowest BCUT2D eigenvalue weighted by Crippen LogP contribution is -2.10. The van der Waals surface area contributed by atoms with Crippen molar-refractivity contribution in [3.05, 3.63) is 218 Å². The second kappa shape index (κ2) is 13.8. The number of fused-ring (bicyclic) bond motifs is 3. The maximum Gasteiger partial charge on any atom is 0.0645 e. The molecular weight excluding hydrogens is 629 g/mol. The summed E-state index contributed by atoms with van der Waals surface area (Å²) in [4.78, 5) is 4.10. The molecule has 0 unspecified atom stereocenters. The summed E-state index contributed by atoms with van der Waals surface area (Å²) in [7, 11) is 0. The van der Waals surface area contributed by atoms with Crippen LogP contribution in [-0.2, 0) is 0 Å². The van der Waals surface area contributed by atoms with Gasteiger partial charge in [-0.25, -0.2) is 0 Å². The molecule has 0 radical (unpaired) electrons. The molecule has 9 aromatic rings. The highest BCUT2D eigenvalue weighted by Crippen LogP contribution is 2.42. The lowest BCUT2D eigenvalue weighted by molar-refractivity contribution is 1.28. The van der Waals surface area contributed by atoms with Crippen molar-refractivity contribution in [2.45, 2.75) is 0 Å². The van der Waals surface area contributed by atoms with Gasteiger partial charge in [-0.2, -0.15) is 0 Å². The van der Waals surface area contributed by atoms with Crippen molar-refractivity contribution in [3.63, 3.8) is 0 Å². The van der Waals surface area contributed by atoms with Crippen LogP contribution in [0.25, 0.3) is 43.8 Å². The maximum absolute atomic E-state index is 9.16. The van der Waals surface area contributed by atoms with E-state index in [0.717, 1.165) is 39.6 Å². The molecule has 0 aliphatic heterocycles. The Morgan fingerprint density at radius 2 is 0.692 bits per heavy atom. The van der Waals surface area contributed by atoms with Crippen LogP contribution in [-0.4, -0.2) is 0 Å². The Labute approximate surface area is 310 Å². The van der Waals surface area contributed by atoms with Crippen LogP contribution in [0.15, 0.2) is 218 Å². The van der Waals surface area contributed by atoms with Crippen molar-refractivity contribution in [2.24, 2.45) is 0 Å². The predicted octanol–water partition coefficient (Wildman–Crippen LogP) is 14.3. The van der Waals surface area contributed by atoms with Gasteiger partial charge in [-0.05, 0) is 105 Å². The number of benzene rings is 9. The first kappa shape index (κ1) is 26.9. The first-order valence-electron chi connectivity index (χ1n) is 19.4. The fourth-order valence-corrected chi connectivity index (χ4v) is 6.98. The number of para-hydroxylation sites is 3. The van der Waals surface area contributed by atoms with E-state index in [1.807, 2.05) is 91.0 Å². The van der Waals surface area contributed by atoms with Crippen LogP contribution >= 0.6 is 0 Å². The lowest BCUT2D eigenvalue weighted by Gasteiger charge is -2.27. The molecule has 0 atom stereocenters. The van der Waals surface area contributed by atoms with Gasteiger partial charge in [0, 0.05) is 33.8 Å². The highest BCUT2D eigenvalue weighted by atomic mass is 15.1. The second-order valence-corrected chi connectivity index (χ2v) is 12.7. The van der Waals surface area contributed by atoms with Crippen molar-refractivity contribution < 1.29 is 5.48 Å². The van der Waals surface area contributed by atoms with E-state index in [-0.39, 0.29) is 35.4 Å². The number of nitrogens with zero attached hydrogens (tertiary/aromatic N) is 2. The molecule has 0 aromatic heterocycles. The summed E-state index contributed by atoms with van der Waals surface area (Å²) in [6.07, 6.45) is 0. The molecule has 0 fully saturated rings. The van der Waals surface area contributed by atoms with Gasteiger partial charge in [0.05, 0.1) is 11.2 Å². The van der Waals surface area contributed by atoms with E-state index in [2.05, 4.69) is 108 Å². The van der Waals surface area contributed by atoms with E-state index >= 15 is 0 Å². The molecule has 0 saturated heterocycles. The number of anilines is 6. The zero-order valence-corrected chi connectivity index (χ0v) is 28.4. The van der Waals surface area contributed by atoms with Gasteiger partial charge in [-0.1, -0.05) is 152 Å². The van der Waals surface area contributed by atoms with E-state index in [0.29, 0.717) is 5.56 Å². The highest BCUT2D eigenvalue weighted by Gasteiger charge is 2.17. The van der Waals surface area contributed by atoms with Crippen LogP contribution in [0, 0.1) is 0 Å². The SMILES string of the molecule is [2H]c1c([2H])c(N(c2ccccc2)c2ccccc2)c([2H])c([2H])c1-c1ccc(-c2ccc(N(c3ccccc3)c3cc4ccccc4c4ccccc34)cc2)cc1. The predicted molar refractivity (Wildman–Crippen MR) is 222 cm³/mol. The summed E-state index contributed by atoms with van der Waals surface area (Å²) in [6.45, 7) is 0. The molecule has 0 amide bonds. The summed E-state index contributed by atoms with van der Waals surface area (Å²) >= 11 is 0. The average molecular weight is 669 g/mol. The quantitative estimate of drug-likeness (QED) is 0.149. The van der Waals surface area contributed by atoms with Crippen LogP contribution < -0.4 is 9.80 Å². The molecule has 0 bridgehead atoms. The van der Waals surface area contributed by atoms with E-state index in [9.17, 15) is 0 Å². The molecule has 2 nitrogen and oxygen atoms in total. The molecule has 0 saturated carbocycles. The Morgan fingerprint density at radius 3 is 1.25 bits per heavy atom. The Hall–Kier alpha value is -6.90. The number of rotatable bonds is 8. The molecule has 246 valence electrons. The van der Waals surface area contributed by atoms with Crippen molar-refractivity contribution in [3.8, 4) is 22.3 Å². The topological polar surface area (TPSA) is 6.48 Å². The Balaban J connectivity index is 1.07. The molecule has 0 spiro atoms. The Kier molecular flexibility index (Phi) is 7.13. The molecule has 0 heterocycles. The van der Waals surface area contributed by atoms with Gasteiger partial charge < -0.3 is 9.80 Å². The number of hydrogen-bond acceptors (Lipinski definition) is 2. The summed E-state index contributed by atoms with van der Waals surface area (Å²) < 4.78 is 36.6. The molecule has 2 heteroatoms. The van der Waals surface area contributed by atoms with Crippen molar-refractivity contribution >= 4 is 55.7 Å². The van der Waals surface area contributed by atoms with Gasteiger partial charge >= 0.3 is 0 Å². The normalized spacial score (nSPS) is 12.2. The van der Waals surface area contributed by atoms with E-state index in [1.54, 1.807) is 4.90 Å². The first-order valence-corrected chi connectivity index (χ1v) is 17.4. The van der Waals surface area contributed by atoms with E-state index in [1.165, 1.54) is 21.5 Å². The third kappa shape index (κ3) is 5.97. The summed E-state index contributed by atoms with van der Waals surface area (Å²) in [5.74, 6) is 0. The maximum atomic E-state index is 9.16. The Morgan fingerprint density at radius 1 is 0.288 bits per heavy atom. The number of hydrogen-bond donors (Lipinski definition) is 0. The van der Waals surface area contributed by atoms with Gasteiger partial charge in [0.25, 0.3) is 0 Å². The monoisotopic (exact) mass is 668 g/mol. The van der Waals surface area contributed by atoms with Gasteiger partial charge in [0.1, 0.15) is 0 Å². The van der Waals surface area contributed by atoms with Crippen molar-refractivity contribution in [2.75, 3.05) is 9.80 Å². The largest absolute Gasteiger partial charge is 0.311 e. The van der Waals surface area contributed by atoms with Crippen molar-refractivity contribution in [1.82, 2.24) is 0 Å². The standard InChI is InChI=1S/C50H36N2/c1-4-15-42(16-5-1)51(43-17-6-2-7-18-43)45-32-28-39(29-33-45)37-24-26-38(27-25-37)40-30-34-46(35-31-40)52(44-19-8-3-9-20-44)50-36-41-14-10-11-21-47(41)48-22-12-13-23-49(48)50/h1-36H/i28D,29D,32D,33D. The lowest BCUT2D eigenvalue weighted by atomic mass is 9.98. The highest BCUT2D eigenvalue weighted by molar-refractivity contribution is 6.14.